The zero-order chi connectivity index (χ0) is 19.6. The van der Waals surface area contributed by atoms with Gasteiger partial charge in [0.05, 0.1) is 13.2 Å². The smallest absolute Gasteiger partial charge is 0.221 e. The number of aryl methyl sites for hydroxylation is 1. The molecule has 0 spiro atoms. The maximum atomic E-state index is 12.2. The number of ether oxygens (including phenoxy) is 2. The first kappa shape index (κ1) is 20.2. The molecule has 0 radical (unpaired) electrons. The van der Waals surface area contributed by atoms with Gasteiger partial charge < -0.3 is 14.8 Å². The Kier molecular flexibility index (Phi) is 7.55. The van der Waals surface area contributed by atoms with E-state index in [1.54, 1.807) is 36.4 Å². The molecule has 1 amide bonds. The first-order chi connectivity index (χ1) is 13.1. The number of nitrogens with zero attached hydrogens (tertiary/aromatic N) is 1. The SMILES string of the molecule is C#CCOc1ccc(CCC(=O)N[C@H](C#N)c2ccc(Cl)cc2)cc1OC. The third-order valence-electron chi connectivity index (χ3n) is 3.82. The fourth-order valence-corrected chi connectivity index (χ4v) is 2.57. The molecule has 2 aromatic carbocycles. The van der Waals surface area contributed by atoms with E-state index in [-0.39, 0.29) is 18.9 Å². The molecule has 0 bridgehead atoms. The summed E-state index contributed by atoms with van der Waals surface area (Å²) in [5.74, 6) is 3.29. The standard InChI is InChI=1S/C21H19ClN2O3/c1-3-12-27-19-10-4-15(13-20(19)26-2)5-11-21(25)24-18(14-23)16-6-8-17(22)9-7-16/h1,4,6-10,13,18H,5,11-12H2,2H3,(H,24,25)/t18-/m1/s1. The maximum Gasteiger partial charge on any atom is 0.221 e. The quantitative estimate of drug-likeness (QED) is 0.707. The highest BCUT2D eigenvalue weighted by Crippen LogP contribution is 2.28. The van der Waals surface area contributed by atoms with E-state index in [9.17, 15) is 10.1 Å². The van der Waals surface area contributed by atoms with Crippen LogP contribution in [0.15, 0.2) is 42.5 Å². The summed E-state index contributed by atoms with van der Waals surface area (Å²) in [6.07, 6.45) is 5.92. The molecule has 0 unspecified atom stereocenters. The number of terminal acetylenes is 1. The highest BCUT2D eigenvalue weighted by Gasteiger charge is 2.14. The molecule has 5 nitrogen and oxygen atoms in total. The Morgan fingerprint density at radius 3 is 2.63 bits per heavy atom. The van der Waals surface area contributed by atoms with Crippen LogP contribution in [-0.2, 0) is 11.2 Å². The highest BCUT2D eigenvalue weighted by molar-refractivity contribution is 6.30. The van der Waals surface area contributed by atoms with Crippen LogP contribution in [0.25, 0.3) is 0 Å². The molecule has 0 aliphatic rings. The lowest BCUT2D eigenvalue weighted by atomic mass is 10.1. The van der Waals surface area contributed by atoms with Crippen LogP contribution >= 0.6 is 11.6 Å². The molecule has 138 valence electrons. The number of carbonyl (C=O) groups is 1. The van der Waals surface area contributed by atoms with Gasteiger partial charge in [0.15, 0.2) is 11.5 Å². The molecule has 1 N–H and O–H groups in total. The van der Waals surface area contributed by atoms with Gasteiger partial charge in [-0.25, -0.2) is 0 Å². The second-order valence-corrected chi connectivity index (χ2v) is 6.10. The van der Waals surface area contributed by atoms with Crippen LogP contribution in [0.2, 0.25) is 5.02 Å². The van der Waals surface area contributed by atoms with Gasteiger partial charge in [0, 0.05) is 11.4 Å². The lowest BCUT2D eigenvalue weighted by Crippen LogP contribution is -2.27. The molecule has 0 saturated carbocycles. The van der Waals surface area contributed by atoms with Gasteiger partial charge in [-0.3, -0.25) is 4.79 Å². The lowest BCUT2D eigenvalue weighted by Gasteiger charge is -2.13. The van der Waals surface area contributed by atoms with Crippen LogP contribution in [0.5, 0.6) is 11.5 Å². The van der Waals surface area contributed by atoms with E-state index in [0.29, 0.717) is 28.5 Å². The normalized spacial score (nSPS) is 11.0. The third kappa shape index (κ3) is 5.95. The Balaban J connectivity index is 1.95. The molecule has 6 heteroatoms. The Bertz CT molecular complexity index is 866. The first-order valence-electron chi connectivity index (χ1n) is 8.25. The summed E-state index contributed by atoms with van der Waals surface area (Å²) in [5, 5.41) is 12.6. The molecule has 0 saturated heterocycles. The zero-order valence-electron chi connectivity index (χ0n) is 14.9. The van der Waals surface area contributed by atoms with E-state index in [0.717, 1.165) is 5.56 Å². The minimum atomic E-state index is -0.719. The Hall–Kier alpha value is -3.15. The van der Waals surface area contributed by atoms with Crippen molar-refractivity contribution in [2.24, 2.45) is 0 Å². The second-order valence-electron chi connectivity index (χ2n) is 5.66. The summed E-state index contributed by atoms with van der Waals surface area (Å²) in [4.78, 5) is 12.2. The van der Waals surface area contributed by atoms with E-state index in [4.69, 9.17) is 27.5 Å². The summed E-state index contributed by atoms with van der Waals surface area (Å²) in [6, 6.07) is 13.6. The zero-order valence-corrected chi connectivity index (χ0v) is 15.6. The Morgan fingerprint density at radius 2 is 2.00 bits per heavy atom. The lowest BCUT2D eigenvalue weighted by molar-refractivity contribution is -0.121. The Morgan fingerprint density at radius 1 is 1.26 bits per heavy atom. The molecule has 0 heterocycles. The predicted molar refractivity (Wildman–Crippen MR) is 104 cm³/mol. The van der Waals surface area contributed by atoms with Crippen molar-refractivity contribution < 1.29 is 14.3 Å². The van der Waals surface area contributed by atoms with Crippen molar-refractivity contribution in [2.75, 3.05) is 13.7 Å². The van der Waals surface area contributed by atoms with E-state index in [1.165, 1.54) is 7.11 Å². The number of benzene rings is 2. The molecule has 0 aliphatic heterocycles. The van der Waals surface area contributed by atoms with Crippen LogP contribution in [-0.4, -0.2) is 19.6 Å². The number of hydrogen-bond acceptors (Lipinski definition) is 4. The van der Waals surface area contributed by atoms with Crippen molar-refractivity contribution in [3.63, 3.8) is 0 Å². The van der Waals surface area contributed by atoms with Crippen LogP contribution in [0, 0.1) is 23.7 Å². The topological polar surface area (TPSA) is 71.3 Å². The van der Waals surface area contributed by atoms with Crippen molar-refractivity contribution >= 4 is 17.5 Å². The van der Waals surface area contributed by atoms with Gasteiger partial charge in [-0.05, 0) is 41.8 Å². The molecule has 2 rings (SSSR count). The molecule has 2 aromatic rings. The van der Waals surface area contributed by atoms with Crippen molar-refractivity contribution in [3.05, 3.63) is 58.6 Å². The van der Waals surface area contributed by atoms with Gasteiger partial charge in [0.25, 0.3) is 0 Å². The summed E-state index contributed by atoms with van der Waals surface area (Å²) in [7, 11) is 1.54. The van der Waals surface area contributed by atoms with Gasteiger partial charge >= 0.3 is 0 Å². The number of amides is 1. The highest BCUT2D eigenvalue weighted by atomic mass is 35.5. The molecular weight excluding hydrogens is 364 g/mol. The molecule has 0 fully saturated rings. The van der Waals surface area contributed by atoms with E-state index < -0.39 is 6.04 Å². The van der Waals surface area contributed by atoms with E-state index in [2.05, 4.69) is 17.3 Å². The minimum Gasteiger partial charge on any atom is -0.493 e. The monoisotopic (exact) mass is 382 g/mol. The molecule has 0 aliphatic carbocycles. The van der Waals surface area contributed by atoms with Crippen molar-refractivity contribution in [1.29, 1.82) is 5.26 Å². The van der Waals surface area contributed by atoms with Crippen LogP contribution < -0.4 is 14.8 Å². The van der Waals surface area contributed by atoms with Gasteiger partial charge in [0.2, 0.25) is 5.91 Å². The number of methoxy groups -OCH3 is 1. The number of rotatable bonds is 8. The maximum absolute atomic E-state index is 12.2. The van der Waals surface area contributed by atoms with Gasteiger partial charge in [-0.2, -0.15) is 5.26 Å². The number of carbonyl (C=O) groups excluding carboxylic acids is 1. The second kappa shape index (κ2) is 10.1. The predicted octanol–water partition coefficient (Wildman–Crippen LogP) is 3.67. The van der Waals surface area contributed by atoms with Gasteiger partial charge in [0.1, 0.15) is 12.6 Å². The largest absolute Gasteiger partial charge is 0.493 e. The number of nitrogens with one attached hydrogen (secondary N) is 1. The average Bonchev–Trinajstić information content (AvgIpc) is 2.69. The summed E-state index contributed by atoms with van der Waals surface area (Å²) in [6.45, 7) is 0.151. The van der Waals surface area contributed by atoms with Crippen molar-refractivity contribution in [3.8, 4) is 29.9 Å². The van der Waals surface area contributed by atoms with E-state index in [1.807, 2.05) is 6.07 Å². The summed E-state index contributed by atoms with van der Waals surface area (Å²) in [5.41, 5.74) is 1.60. The molecule has 1 atom stereocenters. The van der Waals surface area contributed by atoms with Crippen molar-refractivity contribution in [1.82, 2.24) is 5.32 Å². The fourth-order valence-electron chi connectivity index (χ4n) is 2.44. The number of halogens is 1. The first-order valence-corrected chi connectivity index (χ1v) is 8.62. The van der Waals surface area contributed by atoms with Gasteiger partial charge in [-0.1, -0.05) is 35.7 Å². The number of nitriles is 1. The third-order valence-corrected chi connectivity index (χ3v) is 4.07. The fraction of sp³-hybridized carbons (Fsp3) is 0.238. The molecule has 0 aromatic heterocycles. The molecular formula is C21H19ClN2O3. The van der Waals surface area contributed by atoms with Crippen LogP contribution in [0.1, 0.15) is 23.6 Å². The van der Waals surface area contributed by atoms with Crippen molar-refractivity contribution in [2.45, 2.75) is 18.9 Å². The van der Waals surface area contributed by atoms with E-state index >= 15 is 0 Å². The van der Waals surface area contributed by atoms with Gasteiger partial charge in [-0.15, -0.1) is 6.42 Å². The molecule has 27 heavy (non-hydrogen) atoms. The summed E-state index contributed by atoms with van der Waals surface area (Å²) >= 11 is 5.85. The van der Waals surface area contributed by atoms with Crippen LogP contribution in [0.3, 0.4) is 0 Å². The number of hydrogen-bond donors (Lipinski definition) is 1. The average molecular weight is 383 g/mol. The summed E-state index contributed by atoms with van der Waals surface area (Å²) < 4.78 is 10.7. The van der Waals surface area contributed by atoms with Crippen LogP contribution in [0.4, 0.5) is 0 Å². The Labute approximate surface area is 163 Å². The minimum absolute atomic E-state index is 0.151.